The Hall–Kier alpha value is -1.81. The van der Waals surface area contributed by atoms with Gasteiger partial charge in [0.15, 0.2) is 11.6 Å². The van der Waals surface area contributed by atoms with Crippen LogP contribution in [0.2, 0.25) is 0 Å². The number of ether oxygens (including phenoxy) is 1. The predicted octanol–water partition coefficient (Wildman–Crippen LogP) is 7.18. The van der Waals surface area contributed by atoms with Crippen molar-refractivity contribution >= 4 is 0 Å². The van der Waals surface area contributed by atoms with Crippen LogP contribution < -0.4 is 0 Å². The maximum atomic E-state index is 14.8. The molecule has 0 N–H and O–H groups in total. The van der Waals surface area contributed by atoms with Gasteiger partial charge in [-0.1, -0.05) is 51.0 Å². The van der Waals surface area contributed by atoms with E-state index in [1.54, 1.807) is 24.3 Å². The summed E-state index contributed by atoms with van der Waals surface area (Å²) in [5.74, 6) is -2.24. The molecule has 1 nitrogen and oxygen atoms in total. The van der Waals surface area contributed by atoms with E-state index in [1.807, 2.05) is 6.92 Å². The van der Waals surface area contributed by atoms with E-state index in [0.29, 0.717) is 29.7 Å². The molecule has 0 aliphatic carbocycles. The molecule has 1 aliphatic rings. The fourth-order valence-electron chi connectivity index (χ4n) is 3.99. The minimum absolute atomic E-state index is 0.0998. The summed E-state index contributed by atoms with van der Waals surface area (Å²) in [5, 5.41) is 0. The van der Waals surface area contributed by atoms with Gasteiger partial charge in [-0.2, -0.15) is 0 Å². The van der Waals surface area contributed by atoms with Crippen molar-refractivity contribution in [2.75, 3.05) is 6.61 Å². The lowest BCUT2D eigenvalue weighted by Crippen LogP contribution is -2.25. The van der Waals surface area contributed by atoms with E-state index in [-0.39, 0.29) is 23.4 Å². The molecule has 2 atom stereocenters. The molecule has 0 amide bonds. The van der Waals surface area contributed by atoms with E-state index in [4.69, 9.17) is 4.74 Å². The molecule has 0 saturated carbocycles. The predicted molar refractivity (Wildman–Crippen MR) is 107 cm³/mol. The highest BCUT2D eigenvalue weighted by atomic mass is 19.2. The first-order chi connectivity index (χ1) is 13.5. The Morgan fingerprint density at radius 2 is 1.79 bits per heavy atom. The fourth-order valence-corrected chi connectivity index (χ4v) is 3.99. The maximum absolute atomic E-state index is 14.8. The molecule has 0 aromatic heterocycles. The van der Waals surface area contributed by atoms with Gasteiger partial charge in [0.05, 0.1) is 12.7 Å². The van der Waals surface area contributed by atoms with Gasteiger partial charge in [0.2, 0.25) is 0 Å². The lowest BCUT2D eigenvalue weighted by Gasteiger charge is -2.29. The van der Waals surface area contributed by atoms with Gasteiger partial charge in [-0.25, -0.2) is 13.2 Å². The minimum Gasteiger partial charge on any atom is -0.378 e. The van der Waals surface area contributed by atoms with Gasteiger partial charge in [0, 0.05) is 11.5 Å². The van der Waals surface area contributed by atoms with E-state index in [2.05, 4.69) is 6.92 Å². The van der Waals surface area contributed by atoms with E-state index in [1.165, 1.54) is 6.07 Å². The summed E-state index contributed by atoms with van der Waals surface area (Å²) in [4.78, 5) is 0. The Kier molecular flexibility index (Phi) is 7.17. The monoisotopic (exact) mass is 390 g/mol. The first-order valence-electron chi connectivity index (χ1n) is 10.4. The highest BCUT2D eigenvalue weighted by molar-refractivity contribution is 5.65. The van der Waals surface area contributed by atoms with E-state index < -0.39 is 11.6 Å². The highest BCUT2D eigenvalue weighted by Gasteiger charge is 2.26. The lowest BCUT2D eigenvalue weighted by atomic mass is 9.88. The summed E-state index contributed by atoms with van der Waals surface area (Å²) < 4.78 is 49.7. The quantitative estimate of drug-likeness (QED) is 0.487. The molecule has 1 fully saturated rings. The lowest BCUT2D eigenvalue weighted by molar-refractivity contribution is -0.00181. The molecule has 152 valence electrons. The summed E-state index contributed by atoms with van der Waals surface area (Å²) in [7, 11) is 0. The number of rotatable bonds is 7. The average molecular weight is 390 g/mol. The first kappa shape index (κ1) is 20.9. The Labute approximate surface area is 165 Å². The zero-order chi connectivity index (χ0) is 20.1. The van der Waals surface area contributed by atoms with Gasteiger partial charge in [0.25, 0.3) is 0 Å². The maximum Gasteiger partial charge on any atom is 0.166 e. The summed E-state index contributed by atoms with van der Waals surface area (Å²) in [6.07, 6.45) is 6.47. The normalized spacial score (nSPS) is 19.8. The molecule has 2 unspecified atom stereocenters. The zero-order valence-corrected chi connectivity index (χ0v) is 16.7. The van der Waals surface area contributed by atoms with Gasteiger partial charge in [-0.15, -0.1) is 0 Å². The molecule has 28 heavy (non-hydrogen) atoms. The largest absolute Gasteiger partial charge is 0.378 e. The van der Waals surface area contributed by atoms with Crippen molar-refractivity contribution in [3.05, 3.63) is 58.9 Å². The van der Waals surface area contributed by atoms with Crippen LogP contribution in [0.25, 0.3) is 11.1 Å². The van der Waals surface area contributed by atoms with Crippen LogP contribution in [-0.4, -0.2) is 12.7 Å². The van der Waals surface area contributed by atoms with Crippen molar-refractivity contribution in [1.29, 1.82) is 0 Å². The van der Waals surface area contributed by atoms with Gasteiger partial charge < -0.3 is 4.74 Å². The molecule has 2 aromatic carbocycles. The second-order valence-corrected chi connectivity index (χ2v) is 7.76. The van der Waals surface area contributed by atoms with Crippen LogP contribution in [0, 0.1) is 17.5 Å². The fraction of sp³-hybridized carbons (Fsp3) is 0.500. The van der Waals surface area contributed by atoms with Crippen LogP contribution in [0.4, 0.5) is 13.2 Å². The topological polar surface area (TPSA) is 9.23 Å². The number of benzene rings is 2. The molecule has 1 aliphatic heterocycles. The number of hydrogen-bond acceptors (Lipinski definition) is 1. The molecule has 0 spiro atoms. The Morgan fingerprint density at radius 3 is 2.43 bits per heavy atom. The molecule has 3 rings (SSSR count). The van der Waals surface area contributed by atoms with E-state index in [0.717, 1.165) is 38.5 Å². The summed E-state index contributed by atoms with van der Waals surface area (Å²) in [6.45, 7) is 4.58. The van der Waals surface area contributed by atoms with Crippen molar-refractivity contribution in [2.24, 2.45) is 0 Å². The molecule has 0 radical (unpaired) electrons. The van der Waals surface area contributed by atoms with Crippen LogP contribution >= 0.6 is 0 Å². The number of hydrogen-bond donors (Lipinski definition) is 0. The summed E-state index contributed by atoms with van der Waals surface area (Å²) >= 11 is 0. The Morgan fingerprint density at radius 1 is 0.964 bits per heavy atom. The highest BCUT2D eigenvalue weighted by Crippen LogP contribution is 2.35. The number of halogens is 3. The van der Waals surface area contributed by atoms with Crippen molar-refractivity contribution in [1.82, 2.24) is 0 Å². The third-order valence-corrected chi connectivity index (χ3v) is 5.70. The SMILES string of the molecule is CCCCc1ccc(-c2ccc(C3CCC(CCC)OC3)c(F)c2F)cc1F. The first-order valence-corrected chi connectivity index (χ1v) is 10.4. The standard InChI is InChI=1S/C24H29F3O/c1-3-5-7-16-8-9-17(14-22(16)25)20-12-13-21(24(27)23(20)26)18-10-11-19(6-4-2)28-15-18/h8-9,12-14,18-19H,3-7,10-11,15H2,1-2H3. The zero-order valence-electron chi connectivity index (χ0n) is 16.7. The smallest absolute Gasteiger partial charge is 0.166 e. The van der Waals surface area contributed by atoms with E-state index in [9.17, 15) is 13.2 Å². The van der Waals surface area contributed by atoms with Crippen LogP contribution in [0.5, 0.6) is 0 Å². The molecule has 2 aromatic rings. The van der Waals surface area contributed by atoms with Crippen LogP contribution in [0.3, 0.4) is 0 Å². The summed E-state index contributed by atoms with van der Waals surface area (Å²) in [6, 6.07) is 7.85. The van der Waals surface area contributed by atoms with Crippen LogP contribution in [-0.2, 0) is 11.2 Å². The Bertz CT molecular complexity index is 795. The second kappa shape index (κ2) is 9.60. The molecule has 4 heteroatoms. The molecule has 1 saturated heterocycles. The molecule has 1 heterocycles. The van der Waals surface area contributed by atoms with Gasteiger partial charge in [-0.3, -0.25) is 0 Å². The third-order valence-electron chi connectivity index (χ3n) is 5.70. The van der Waals surface area contributed by atoms with Crippen molar-refractivity contribution in [3.8, 4) is 11.1 Å². The number of aryl methyl sites for hydroxylation is 1. The number of unbranched alkanes of at least 4 members (excludes halogenated alkanes) is 1. The average Bonchev–Trinajstić information content (AvgIpc) is 2.70. The summed E-state index contributed by atoms with van der Waals surface area (Å²) in [5.41, 5.74) is 1.44. The van der Waals surface area contributed by atoms with Crippen LogP contribution in [0.15, 0.2) is 30.3 Å². The van der Waals surface area contributed by atoms with Gasteiger partial charge in [-0.05, 0) is 54.9 Å². The van der Waals surface area contributed by atoms with Gasteiger partial charge >= 0.3 is 0 Å². The molecule has 0 bridgehead atoms. The third kappa shape index (κ3) is 4.60. The van der Waals surface area contributed by atoms with E-state index >= 15 is 0 Å². The van der Waals surface area contributed by atoms with Gasteiger partial charge in [0.1, 0.15) is 5.82 Å². The van der Waals surface area contributed by atoms with Crippen molar-refractivity contribution in [3.63, 3.8) is 0 Å². The Balaban J connectivity index is 1.80. The molecular formula is C24H29F3O. The minimum atomic E-state index is -0.908. The molecular weight excluding hydrogens is 361 g/mol. The van der Waals surface area contributed by atoms with Crippen molar-refractivity contribution < 1.29 is 17.9 Å². The van der Waals surface area contributed by atoms with Crippen LogP contribution in [0.1, 0.15) is 69.4 Å². The second-order valence-electron chi connectivity index (χ2n) is 7.76. The van der Waals surface area contributed by atoms with Crippen molar-refractivity contribution in [2.45, 2.75) is 70.8 Å².